The first-order valence-electron chi connectivity index (χ1n) is 11.1. The molecule has 8 nitrogen and oxygen atoms in total. The Kier molecular flexibility index (Phi) is 5.97. The predicted molar refractivity (Wildman–Crippen MR) is 111 cm³/mol. The first-order chi connectivity index (χ1) is 16.1. The van der Waals surface area contributed by atoms with Gasteiger partial charge < -0.3 is 19.2 Å². The lowest BCUT2D eigenvalue weighted by molar-refractivity contribution is -0.352. The van der Waals surface area contributed by atoms with Crippen molar-refractivity contribution in [2.24, 2.45) is 0 Å². The topological polar surface area (TPSA) is 95.7 Å². The minimum Gasteiger partial charge on any atom is -0.484 e. The molecule has 34 heavy (non-hydrogen) atoms. The van der Waals surface area contributed by atoms with Gasteiger partial charge >= 0.3 is 6.36 Å². The summed E-state index contributed by atoms with van der Waals surface area (Å²) in [6.07, 6.45) is -2.66. The summed E-state index contributed by atoms with van der Waals surface area (Å²) in [4.78, 5) is 12.5. The zero-order valence-corrected chi connectivity index (χ0v) is 18.8. The van der Waals surface area contributed by atoms with E-state index in [2.05, 4.69) is 20.3 Å². The summed E-state index contributed by atoms with van der Waals surface area (Å²) in [6, 6.07) is 6.76. The molecule has 1 amide bonds. The molecule has 2 aliphatic carbocycles. The van der Waals surface area contributed by atoms with Crippen LogP contribution in [0.2, 0.25) is 5.02 Å². The molecule has 12 heteroatoms. The third-order valence-corrected chi connectivity index (χ3v) is 7.05. The van der Waals surface area contributed by atoms with Crippen molar-refractivity contribution in [3.05, 3.63) is 41.1 Å². The van der Waals surface area contributed by atoms with Gasteiger partial charge in [-0.25, -0.2) is 0 Å². The number of nitrogens with zero attached hydrogens (tertiary/aromatic N) is 2. The zero-order chi connectivity index (χ0) is 24.0. The highest BCUT2D eigenvalue weighted by atomic mass is 35.5. The molecule has 1 N–H and O–H groups in total. The maximum absolute atomic E-state index is 12.5. The van der Waals surface area contributed by atoms with Crippen molar-refractivity contribution in [1.82, 2.24) is 15.5 Å². The number of fused-ring (bicyclic) bond motifs is 3. The van der Waals surface area contributed by atoms with E-state index in [1.165, 1.54) is 0 Å². The maximum atomic E-state index is 12.5. The molecular weight excluding hydrogens is 479 g/mol. The normalized spacial score (nSPS) is 30.6. The third kappa shape index (κ3) is 4.87. The highest BCUT2D eigenvalue weighted by Gasteiger charge is 2.54. The number of carbonyl (C=O) groups is 1. The molecule has 4 fully saturated rings. The number of rotatable bonds is 7. The minimum atomic E-state index is -4.64. The van der Waals surface area contributed by atoms with Gasteiger partial charge in [-0.2, -0.15) is 0 Å². The largest absolute Gasteiger partial charge is 0.522 e. The monoisotopic (exact) mass is 501 g/mol. The summed E-state index contributed by atoms with van der Waals surface area (Å²) >= 11 is 5.85. The number of hydrogen-bond acceptors (Lipinski definition) is 7. The van der Waals surface area contributed by atoms with E-state index in [9.17, 15) is 18.0 Å². The average molecular weight is 502 g/mol. The third-order valence-electron chi connectivity index (χ3n) is 6.80. The molecule has 2 aliphatic heterocycles. The molecule has 184 valence electrons. The minimum absolute atomic E-state index is 0.123. The Bertz CT molecular complexity index is 1010. The van der Waals surface area contributed by atoms with E-state index in [-0.39, 0.29) is 31.3 Å². The summed E-state index contributed by atoms with van der Waals surface area (Å²) in [7, 11) is 0. The smallest absolute Gasteiger partial charge is 0.484 e. The predicted octanol–water partition coefficient (Wildman–Crippen LogP) is 4.24. The first-order valence-corrected chi connectivity index (χ1v) is 11.4. The Morgan fingerprint density at radius 2 is 1.85 bits per heavy atom. The lowest BCUT2D eigenvalue weighted by Crippen LogP contribution is -2.62. The van der Waals surface area contributed by atoms with Crippen molar-refractivity contribution < 1.29 is 36.6 Å². The maximum Gasteiger partial charge on any atom is 0.522 e. The Morgan fingerprint density at radius 3 is 2.47 bits per heavy atom. The van der Waals surface area contributed by atoms with Crippen LogP contribution in [0.4, 0.5) is 13.2 Å². The molecule has 0 spiro atoms. The van der Waals surface area contributed by atoms with E-state index in [4.69, 9.17) is 25.5 Å². The van der Waals surface area contributed by atoms with Gasteiger partial charge in [-0.3, -0.25) is 9.53 Å². The van der Waals surface area contributed by atoms with Crippen molar-refractivity contribution in [2.45, 2.75) is 68.0 Å². The standard InChI is InChI=1S/C22H23ClF3N3O5/c23-14-1-3-15(4-2-14)31-11-17(30)27-20-5-7-21(8-6-20,32-12-20)19-29-28-18(33-19)13-9-16(10-13)34-22(24,25)26/h1-4,13,16H,5-12H2,(H,27,30)/t13-,16+,20?,21?. The molecule has 3 heterocycles. The van der Waals surface area contributed by atoms with Crippen molar-refractivity contribution in [3.8, 4) is 5.75 Å². The summed E-state index contributed by atoms with van der Waals surface area (Å²) in [5, 5.41) is 11.8. The van der Waals surface area contributed by atoms with Crippen LogP contribution in [0.15, 0.2) is 28.7 Å². The number of carbonyl (C=O) groups excluding carboxylic acids is 1. The molecule has 1 aromatic carbocycles. The number of nitrogens with one attached hydrogen (secondary N) is 1. The van der Waals surface area contributed by atoms with E-state index in [1.807, 2.05) is 0 Å². The number of hydrogen-bond donors (Lipinski definition) is 1. The molecule has 4 aliphatic rings. The number of halogens is 4. The highest BCUT2D eigenvalue weighted by Crippen LogP contribution is 2.50. The number of aromatic nitrogens is 2. The van der Waals surface area contributed by atoms with Crippen LogP contribution in [-0.2, 0) is 19.9 Å². The Morgan fingerprint density at radius 1 is 1.15 bits per heavy atom. The Balaban J connectivity index is 1.13. The molecule has 0 unspecified atom stereocenters. The van der Waals surface area contributed by atoms with Crippen LogP contribution < -0.4 is 10.1 Å². The first kappa shape index (κ1) is 23.4. The van der Waals surface area contributed by atoms with Crippen molar-refractivity contribution in [3.63, 3.8) is 0 Å². The molecular formula is C22H23ClF3N3O5. The number of amides is 1. The molecule has 0 radical (unpaired) electrons. The highest BCUT2D eigenvalue weighted by molar-refractivity contribution is 6.30. The molecule has 2 saturated carbocycles. The second-order valence-corrected chi connectivity index (χ2v) is 9.59. The number of ether oxygens (including phenoxy) is 3. The van der Waals surface area contributed by atoms with Crippen LogP contribution in [0.5, 0.6) is 5.75 Å². The van der Waals surface area contributed by atoms with Gasteiger partial charge in [0.2, 0.25) is 11.8 Å². The fourth-order valence-corrected chi connectivity index (χ4v) is 4.91. The number of benzene rings is 1. The summed E-state index contributed by atoms with van der Waals surface area (Å²) in [5.41, 5.74) is -1.22. The van der Waals surface area contributed by atoms with Gasteiger partial charge in [0, 0.05) is 10.9 Å². The van der Waals surface area contributed by atoms with Crippen LogP contribution in [0.1, 0.15) is 56.2 Å². The summed E-state index contributed by atoms with van der Waals surface area (Å²) in [6.45, 7) is 0.171. The van der Waals surface area contributed by atoms with E-state index < -0.39 is 23.6 Å². The van der Waals surface area contributed by atoms with E-state index in [0.29, 0.717) is 54.8 Å². The van der Waals surface area contributed by atoms with Crippen molar-refractivity contribution in [2.75, 3.05) is 13.2 Å². The molecule has 0 atom stereocenters. The van der Waals surface area contributed by atoms with Crippen LogP contribution in [-0.4, -0.2) is 47.3 Å². The van der Waals surface area contributed by atoms with Crippen LogP contribution in [0.25, 0.3) is 0 Å². The SMILES string of the molecule is O=C(COc1ccc(Cl)cc1)NC12CCC(c3nnc([C@H]4C[C@@H](OC(F)(F)F)C4)o3)(CC1)OC2. The van der Waals surface area contributed by atoms with Crippen LogP contribution >= 0.6 is 11.6 Å². The summed E-state index contributed by atoms with van der Waals surface area (Å²) in [5.74, 6) is 0.706. The Labute approximate surface area is 198 Å². The second kappa shape index (κ2) is 8.69. The quantitative estimate of drug-likeness (QED) is 0.606. The molecule has 6 rings (SSSR count). The van der Waals surface area contributed by atoms with Gasteiger partial charge in [-0.05, 0) is 62.8 Å². The zero-order valence-electron chi connectivity index (χ0n) is 18.1. The van der Waals surface area contributed by atoms with Crippen LogP contribution in [0, 0.1) is 0 Å². The van der Waals surface area contributed by atoms with Crippen LogP contribution in [0.3, 0.4) is 0 Å². The van der Waals surface area contributed by atoms with Gasteiger partial charge in [0.05, 0.1) is 18.2 Å². The number of alkyl halides is 3. The molecule has 2 saturated heterocycles. The van der Waals surface area contributed by atoms with E-state index in [0.717, 1.165) is 0 Å². The van der Waals surface area contributed by atoms with Gasteiger partial charge in [0.15, 0.2) is 6.61 Å². The Hall–Kier alpha value is -2.37. The van der Waals surface area contributed by atoms with Gasteiger partial charge in [-0.1, -0.05) is 11.6 Å². The van der Waals surface area contributed by atoms with Crippen molar-refractivity contribution >= 4 is 17.5 Å². The lowest BCUT2D eigenvalue weighted by atomic mass is 9.71. The molecule has 2 aromatic rings. The molecule has 1 aromatic heterocycles. The van der Waals surface area contributed by atoms with Gasteiger partial charge in [0.1, 0.15) is 11.4 Å². The van der Waals surface area contributed by atoms with E-state index >= 15 is 0 Å². The van der Waals surface area contributed by atoms with Gasteiger partial charge in [0.25, 0.3) is 5.91 Å². The van der Waals surface area contributed by atoms with E-state index in [1.54, 1.807) is 24.3 Å². The molecule has 2 bridgehead atoms. The average Bonchev–Trinajstić information content (AvgIpc) is 3.26. The van der Waals surface area contributed by atoms with Crippen molar-refractivity contribution in [1.29, 1.82) is 0 Å². The summed E-state index contributed by atoms with van der Waals surface area (Å²) < 4.78 is 58.5. The fraction of sp³-hybridized carbons (Fsp3) is 0.591. The van der Waals surface area contributed by atoms with Gasteiger partial charge in [-0.15, -0.1) is 23.4 Å². The fourth-order valence-electron chi connectivity index (χ4n) is 4.78. The second-order valence-electron chi connectivity index (χ2n) is 9.15. The lowest BCUT2D eigenvalue weighted by Gasteiger charge is -2.51.